The van der Waals surface area contributed by atoms with Crippen LogP contribution in [0, 0.1) is 17.1 Å². The Morgan fingerprint density at radius 3 is 2.44 bits per heavy atom. The van der Waals surface area contributed by atoms with Crippen molar-refractivity contribution in [3.05, 3.63) is 54.3 Å². The van der Waals surface area contributed by atoms with Crippen molar-refractivity contribution in [3.8, 4) is 6.07 Å². The third-order valence-electron chi connectivity index (χ3n) is 2.19. The van der Waals surface area contributed by atoms with Crippen LogP contribution in [0.3, 0.4) is 0 Å². The van der Waals surface area contributed by atoms with Gasteiger partial charge < -0.3 is 9.31 Å². The molecule has 1 aromatic rings. The topological polar surface area (TPSA) is 42.2 Å². The number of nitriles is 1. The van der Waals surface area contributed by atoms with Crippen LogP contribution < -0.4 is 5.46 Å². The molecule has 3 nitrogen and oxygen atoms in total. The predicted molar refractivity (Wildman–Crippen MR) is 57.0 cm³/mol. The third kappa shape index (κ3) is 1.65. The zero-order chi connectivity index (χ0) is 11.7. The Kier molecular flexibility index (Phi) is 2.41. The lowest BCUT2D eigenvalue weighted by Crippen LogP contribution is -2.31. The molecule has 5 heteroatoms. The second kappa shape index (κ2) is 3.74. The van der Waals surface area contributed by atoms with Crippen molar-refractivity contribution >= 4 is 12.6 Å². The molecule has 78 valence electrons. The van der Waals surface area contributed by atoms with Gasteiger partial charge in [0.1, 0.15) is 23.4 Å². The lowest BCUT2D eigenvalue weighted by Gasteiger charge is -2.04. The van der Waals surface area contributed by atoms with Gasteiger partial charge in [-0.15, -0.1) is 0 Å². The predicted octanol–water partition coefficient (Wildman–Crippen LogP) is 1.47. The number of halogens is 1. The Balaban J connectivity index is 2.33. The molecular formula is C11H7BFNO2. The second-order valence-corrected chi connectivity index (χ2v) is 3.27. The summed E-state index contributed by atoms with van der Waals surface area (Å²) in [6.45, 7) is 7.17. The fourth-order valence-corrected chi connectivity index (χ4v) is 1.33. The molecule has 0 bridgehead atoms. The zero-order valence-electron chi connectivity index (χ0n) is 8.37. The molecule has 16 heavy (non-hydrogen) atoms. The number of rotatable bonds is 1. The van der Waals surface area contributed by atoms with E-state index < -0.39 is 12.9 Å². The molecule has 2 rings (SSSR count). The highest BCUT2D eigenvalue weighted by Crippen LogP contribution is 2.20. The van der Waals surface area contributed by atoms with Crippen LogP contribution in [0.25, 0.3) is 0 Å². The van der Waals surface area contributed by atoms with Gasteiger partial charge >= 0.3 is 7.12 Å². The first-order valence-electron chi connectivity index (χ1n) is 4.53. The maximum Gasteiger partial charge on any atom is 0.632 e. The normalized spacial score (nSPS) is 14.4. The van der Waals surface area contributed by atoms with Gasteiger partial charge in [-0.25, -0.2) is 4.39 Å². The van der Waals surface area contributed by atoms with E-state index in [2.05, 4.69) is 13.2 Å². The molecule has 0 radical (unpaired) electrons. The van der Waals surface area contributed by atoms with Crippen LogP contribution in [0.5, 0.6) is 0 Å². The standard InChI is InChI=1S/C11H7BFNO2/c1-7-8(2)16-12(15-7)10-3-4-11(13)9(5-10)6-14/h3-5H,1-2H2. The fraction of sp³-hybridized carbons (Fsp3) is 0. The first kappa shape index (κ1) is 10.3. The highest BCUT2D eigenvalue weighted by molar-refractivity contribution is 6.62. The molecule has 0 aliphatic carbocycles. The summed E-state index contributed by atoms with van der Waals surface area (Å²) in [6.07, 6.45) is 0. The molecule has 1 aliphatic rings. The molecule has 0 saturated carbocycles. The van der Waals surface area contributed by atoms with Crippen LogP contribution in [0.4, 0.5) is 4.39 Å². The summed E-state index contributed by atoms with van der Waals surface area (Å²) in [4.78, 5) is 0. The van der Waals surface area contributed by atoms with E-state index in [9.17, 15) is 4.39 Å². The Bertz CT molecular complexity index is 505. The molecule has 0 atom stereocenters. The molecule has 1 aliphatic heterocycles. The summed E-state index contributed by atoms with van der Waals surface area (Å²) >= 11 is 0. The van der Waals surface area contributed by atoms with E-state index in [1.807, 2.05) is 0 Å². The summed E-state index contributed by atoms with van der Waals surface area (Å²) in [5.74, 6) is 0.113. The summed E-state index contributed by atoms with van der Waals surface area (Å²) in [5, 5.41) is 8.68. The smallest absolute Gasteiger partial charge is 0.520 e. The Morgan fingerprint density at radius 1 is 1.25 bits per heavy atom. The van der Waals surface area contributed by atoms with Crippen LogP contribution >= 0.6 is 0 Å². The maximum absolute atomic E-state index is 13.1. The molecule has 1 saturated heterocycles. The summed E-state index contributed by atoms with van der Waals surface area (Å²) in [6, 6.07) is 5.82. The SMILES string of the molecule is C=C1OB(c2ccc(F)c(C#N)c2)OC1=C. The van der Waals surface area contributed by atoms with E-state index >= 15 is 0 Å². The average molecular weight is 215 g/mol. The van der Waals surface area contributed by atoms with Gasteiger partial charge in [0.15, 0.2) is 0 Å². The number of hydrogen-bond acceptors (Lipinski definition) is 3. The van der Waals surface area contributed by atoms with Crippen molar-refractivity contribution in [1.29, 1.82) is 5.26 Å². The Labute approximate surface area is 92.5 Å². The van der Waals surface area contributed by atoms with E-state index in [0.29, 0.717) is 17.0 Å². The molecule has 0 spiro atoms. The molecule has 1 fully saturated rings. The van der Waals surface area contributed by atoms with Crippen molar-refractivity contribution in [2.24, 2.45) is 0 Å². The van der Waals surface area contributed by atoms with E-state index in [1.54, 1.807) is 6.07 Å². The minimum Gasteiger partial charge on any atom is -0.520 e. The average Bonchev–Trinajstić information content (AvgIpc) is 2.60. The third-order valence-corrected chi connectivity index (χ3v) is 2.19. The highest BCUT2D eigenvalue weighted by atomic mass is 19.1. The highest BCUT2D eigenvalue weighted by Gasteiger charge is 2.34. The first-order chi connectivity index (χ1) is 7.61. The van der Waals surface area contributed by atoms with Crippen LogP contribution in [-0.2, 0) is 9.31 Å². The number of nitrogens with zero attached hydrogens (tertiary/aromatic N) is 1. The van der Waals surface area contributed by atoms with Gasteiger partial charge in [0, 0.05) is 5.46 Å². The van der Waals surface area contributed by atoms with Gasteiger partial charge in [-0.05, 0) is 12.1 Å². The first-order valence-corrected chi connectivity index (χ1v) is 4.53. The van der Waals surface area contributed by atoms with Crippen molar-refractivity contribution in [2.75, 3.05) is 0 Å². The Hall–Kier alpha value is -2.22. The summed E-state index contributed by atoms with van der Waals surface area (Å²) in [7, 11) is -0.701. The molecule has 0 N–H and O–H groups in total. The molecule has 0 unspecified atom stereocenters. The largest absolute Gasteiger partial charge is 0.632 e. The van der Waals surface area contributed by atoms with Gasteiger partial charge in [0.2, 0.25) is 0 Å². The van der Waals surface area contributed by atoms with Crippen LogP contribution in [0.2, 0.25) is 0 Å². The quantitative estimate of drug-likeness (QED) is 0.666. The van der Waals surface area contributed by atoms with Crippen molar-refractivity contribution < 1.29 is 13.7 Å². The molecular weight excluding hydrogens is 208 g/mol. The van der Waals surface area contributed by atoms with E-state index in [4.69, 9.17) is 14.6 Å². The van der Waals surface area contributed by atoms with Crippen LogP contribution in [0.15, 0.2) is 42.9 Å². The van der Waals surface area contributed by atoms with E-state index in [1.165, 1.54) is 18.2 Å². The van der Waals surface area contributed by atoms with Gasteiger partial charge in [-0.1, -0.05) is 19.2 Å². The van der Waals surface area contributed by atoms with Gasteiger partial charge in [-0.3, -0.25) is 0 Å². The minimum atomic E-state index is -0.701. The lowest BCUT2D eigenvalue weighted by atomic mass is 9.79. The van der Waals surface area contributed by atoms with E-state index in [0.717, 1.165) is 0 Å². The Morgan fingerprint density at radius 2 is 1.88 bits per heavy atom. The molecule has 0 amide bonds. The second-order valence-electron chi connectivity index (χ2n) is 3.27. The number of hydrogen-bond donors (Lipinski definition) is 0. The molecule has 1 heterocycles. The zero-order valence-corrected chi connectivity index (χ0v) is 8.37. The monoisotopic (exact) mass is 215 g/mol. The van der Waals surface area contributed by atoms with Crippen molar-refractivity contribution in [2.45, 2.75) is 0 Å². The molecule has 1 aromatic carbocycles. The van der Waals surface area contributed by atoms with Crippen molar-refractivity contribution in [3.63, 3.8) is 0 Å². The summed E-state index contributed by atoms with van der Waals surface area (Å²) < 4.78 is 23.6. The lowest BCUT2D eigenvalue weighted by molar-refractivity contribution is 0.431. The minimum absolute atomic E-state index is 0.0483. The summed E-state index contributed by atoms with van der Waals surface area (Å²) in [5.41, 5.74) is 0.505. The van der Waals surface area contributed by atoms with E-state index in [-0.39, 0.29) is 5.56 Å². The van der Waals surface area contributed by atoms with Crippen LogP contribution in [-0.4, -0.2) is 7.12 Å². The van der Waals surface area contributed by atoms with Crippen LogP contribution in [0.1, 0.15) is 5.56 Å². The fourth-order valence-electron chi connectivity index (χ4n) is 1.33. The van der Waals surface area contributed by atoms with Gasteiger partial charge in [-0.2, -0.15) is 5.26 Å². The maximum atomic E-state index is 13.1. The molecule has 0 aromatic heterocycles. The van der Waals surface area contributed by atoms with Crippen molar-refractivity contribution in [1.82, 2.24) is 0 Å². The number of benzene rings is 1. The van der Waals surface area contributed by atoms with Gasteiger partial charge in [0.25, 0.3) is 0 Å². The van der Waals surface area contributed by atoms with Gasteiger partial charge in [0.05, 0.1) is 5.56 Å².